The van der Waals surface area contributed by atoms with Crippen LogP contribution in [0.25, 0.3) is 0 Å². The Balaban J connectivity index is 1.77. The molecule has 114 valence electrons. The number of aryl methyl sites for hydroxylation is 1. The summed E-state index contributed by atoms with van der Waals surface area (Å²) in [5, 5.41) is 13.1. The van der Waals surface area contributed by atoms with Crippen LogP contribution in [0.5, 0.6) is 0 Å². The van der Waals surface area contributed by atoms with Gasteiger partial charge in [-0.3, -0.25) is 0 Å². The van der Waals surface area contributed by atoms with Gasteiger partial charge in [-0.25, -0.2) is 0 Å². The molecular weight excluding hydrogens is 402 g/mol. The molecule has 1 unspecified atom stereocenters. The maximum atomic E-state index is 9.93. The van der Waals surface area contributed by atoms with Gasteiger partial charge < -0.3 is 19.6 Å². The molecule has 2 N–H and O–H groups in total. The SMILES string of the molecule is Cc1cc(Br)c(NCC(O)COCc2ccco2)c(Br)c1. The van der Waals surface area contributed by atoms with Crippen molar-refractivity contribution in [1.82, 2.24) is 0 Å². The predicted molar refractivity (Wildman–Crippen MR) is 89.4 cm³/mol. The van der Waals surface area contributed by atoms with E-state index in [0.717, 1.165) is 26.0 Å². The summed E-state index contributed by atoms with van der Waals surface area (Å²) in [7, 11) is 0. The summed E-state index contributed by atoms with van der Waals surface area (Å²) in [4.78, 5) is 0. The highest BCUT2D eigenvalue weighted by Gasteiger charge is 2.09. The molecule has 2 aromatic rings. The number of hydrogen-bond donors (Lipinski definition) is 2. The number of benzene rings is 1. The van der Waals surface area contributed by atoms with Gasteiger partial charge in [-0.1, -0.05) is 0 Å². The number of aliphatic hydroxyl groups is 1. The van der Waals surface area contributed by atoms with E-state index < -0.39 is 6.10 Å². The number of ether oxygens (including phenoxy) is 1. The molecule has 0 bridgehead atoms. The quantitative estimate of drug-likeness (QED) is 0.710. The van der Waals surface area contributed by atoms with Crippen LogP contribution in [0, 0.1) is 6.92 Å². The average Bonchev–Trinajstić information content (AvgIpc) is 2.90. The average molecular weight is 419 g/mol. The van der Waals surface area contributed by atoms with E-state index in [0.29, 0.717) is 13.2 Å². The molecule has 0 aliphatic heterocycles. The fourth-order valence-electron chi connectivity index (χ4n) is 1.84. The third-order valence-electron chi connectivity index (χ3n) is 2.84. The number of aliphatic hydroxyl groups excluding tert-OH is 1. The Kier molecular flexibility index (Phi) is 6.29. The van der Waals surface area contributed by atoms with Crippen LogP contribution < -0.4 is 5.32 Å². The lowest BCUT2D eigenvalue weighted by atomic mass is 10.2. The van der Waals surface area contributed by atoms with Crippen molar-refractivity contribution in [3.63, 3.8) is 0 Å². The van der Waals surface area contributed by atoms with Crippen molar-refractivity contribution >= 4 is 37.5 Å². The predicted octanol–water partition coefficient (Wildman–Crippen LogP) is 4.10. The number of rotatable bonds is 7. The summed E-state index contributed by atoms with van der Waals surface area (Å²) in [6, 6.07) is 7.69. The van der Waals surface area contributed by atoms with Crippen molar-refractivity contribution in [2.45, 2.75) is 19.6 Å². The highest BCUT2D eigenvalue weighted by molar-refractivity contribution is 9.11. The van der Waals surface area contributed by atoms with Crippen LogP contribution in [0.2, 0.25) is 0 Å². The zero-order valence-electron chi connectivity index (χ0n) is 11.6. The van der Waals surface area contributed by atoms with Crippen LogP contribution in [-0.2, 0) is 11.3 Å². The van der Waals surface area contributed by atoms with Gasteiger partial charge in [0.15, 0.2) is 0 Å². The normalized spacial score (nSPS) is 12.4. The minimum absolute atomic E-state index is 0.245. The lowest BCUT2D eigenvalue weighted by Crippen LogP contribution is -2.25. The van der Waals surface area contributed by atoms with Crippen LogP contribution in [0.4, 0.5) is 5.69 Å². The first-order chi connectivity index (χ1) is 10.1. The summed E-state index contributed by atoms with van der Waals surface area (Å²) in [6.45, 7) is 3.03. The van der Waals surface area contributed by atoms with Gasteiger partial charge in [0.05, 0.1) is 24.7 Å². The first kappa shape index (κ1) is 16.5. The van der Waals surface area contributed by atoms with E-state index in [1.54, 1.807) is 6.26 Å². The van der Waals surface area contributed by atoms with Gasteiger partial charge in [-0.05, 0) is 68.6 Å². The molecule has 2 rings (SSSR count). The molecule has 0 spiro atoms. The van der Waals surface area contributed by atoms with Crippen LogP contribution in [-0.4, -0.2) is 24.4 Å². The van der Waals surface area contributed by atoms with Crippen molar-refractivity contribution in [3.05, 3.63) is 50.8 Å². The summed E-state index contributed by atoms with van der Waals surface area (Å²) in [6.07, 6.45) is 1.00. The number of anilines is 1. The van der Waals surface area contributed by atoms with Gasteiger partial charge in [0, 0.05) is 15.5 Å². The third kappa shape index (κ3) is 5.14. The first-order valence-corrected chi connectivity index (χ1v) is 8.12. The number of halogens is 2. The molecular formula is C15H17Br2NO3. The van der Waals surface area contributed by atoms with Crippen LogP contribution in [0.15, 0.2) is 43.9 Å². The maximum Gasteiger partial charge on any atom is 0.129 e. The number of nitrogens with one attached hydrogen (secondary N) is 1. The van der Waals surface area contributed by atoms with Gasteiger partial charge in [0.25, 0.3) is 0 Å². The van der Waals surface area contributed by atoms with Crippen molar-refractivity contribution in [2.24, 2.45) is 0 Å². The molecule has 6 heteroatoms. The molecule has 0 saturated carbocycles. The van der Waals surface area contributed by atoms with E-state index in [4.69, 9.17) is 9.15 Å². The molecule has 0 radical (unpaired) electrons. The molecule has 0 aliphatic carbocycles. The number of hydrogen-bond acceptors (Lipinski definition) is 4. The van der Waals surface area contributed by atoms with Gasteiger partial charge in [0.1, 0.15) is 12.4 Å². The minimum Gasteiger partial charge on any atom is -0.467 e. The second-order valence-electron chi connectivity index (χ2n) is 4.73. The second kappa shape index (κ2) is 7.98. The van der Waals surface area contributed by atoms with E-state index in [1.807, 2.05) is 31.2 Å². The Bertz CT molecular complexity index is 549. The van der Waals surface area contributed by atoms with Crippen LogP contribution >= 0.6 is 31.9 Å². The summed E-state index contributed by atoms with van der Waals surface area (Å²) in [5.74, 6) is 0.749. The molecule has 1 heterocycles. The summed E-state index contributed by atoms with van der Waals surface area (Å²) < 4.78 is 12.5. The Morgan fingerprint density at radius 2 is 2.05 bits per heavy atom. The maximum absolute atomic E-state index is 9.93. The Labute approximate surface area is 140 Å². The number of furan rings is 1. The third-order valence-corrected chi connectivity index (χ3v) is 4.09. The fourth-order valence-corrected chi connectivity index (χ4v) is 3.53. The van der Waals surface area contributed by atoms with E-state index in [2.05, 4.69) is 37.2 Å². The Morgan fingerprint density at radius 1 is 1.33 bits per heavy atom. The first-order valence-electron chi connectivity index (χ1n) is 6.54. The van der Waals surface area contributed by atoms with Crippen molar-refractivity contribution in [3.8, 4) is 0 Å². The topological polar surface area (TPSA) is 54.6 Å². The zero-order valence-corrected chi connectivity index (χ0v) is 14.8. The molecule has 1 aromatic heterocycles. The van der Waals surface area contributed by atoms with E-state index in [1.165, 1.54) is 0 Å². The smallest absolute Gasteiger partial charge is 0.129 e. The van der Waals surface area contributed by atoms with Gasteiger partial charge in [-0.2, -0.15) is 0 Å². The van der Waals surface area contributed by atoms with Gasteiger partial charge in [0.2, 0.25) is 0 Å². The standard InChI is InChI=1S/C15H17Br2NO3/c1-10-5-13(16)15(14(17)6-10)18-7-11(19)8-20-9-12-3-2-4-21-12/h2-6,11,18-19H,7-9H2,1H3. The molecule has 21 heavy (non-hydrogen) atoms. The highest BCUT2D eigenvalue weighted by atomic mass is 79.9. The Hall–Kier alpha value is -0.820. The molecule has 1 atom stereocenters. The second-order valence-corrected chi connectivity index (χ2v) is 6.44. The van der Waals surface area contributed by atoms with Gasteiger partial charge in [-0.15, -0.1) is 0 Å². The lowest BCUT2D eigenvalue weighted by Gasteiger charge is -2.15. The summed E-state index contributed by atoms with van der Waals surface area (Å²) >= 11 is 7.02. The van der Waals surface area contributed by atoms with E-state index >= 15 is 0 Å². The largest absolute Gasteiger partial charge is 0.467 e. The van der Waals surface area contributed by atoms with E-state index in [9.17, 15) is 5.11 Å². The fraction of sp³-hybridized carbons (Fsp3) is 0.333. The van der Waals surface area contributed by atoms with E-state index in [-0.39, 0.29) is 6.61 Å². The molecule has 0 amide bonds. The van der Waals surface area contributed by atoms with Crippen molar-refractivity contribution in [2.75, 3.05) is 18.5 Å². The van der Waals surface area contributed by atoms with Gasteiger partial charge >= 0.3 is 0 Å². The Morgan fingerprint density at radius 3 is 2.67 bits per heavy atom. The van der Waals surface area contributed by atoms with Crippen molar-refractivity contribution in [1.29, 1.82) is 0 Å². The molecule has 0 saturated heterocycles. The zero-order chi connectivity index (χ0) is 15.2. The molecule has 1 aromatic carbocycles. The highest BCUT2D eigenvalue weighted by Crippen LogP contribution is 2.32. The molecule has 0 fully saturated rings. The summed E-state index contributed by atoms with van der Waals surface area (Å²) in [5.41, 5.74) is 2.08. The van der Waals surface area contributed by atoms with Crippen molar-refractivity contribution < 1.29 is 14.3 Å². The lowest BCUT2D eigenvalue weighted by molar-refractivity contribution is 0.0282. The molecule has 0 aliphatic rings. The van der Waals surface area contributed by atoms with Crippen LogP contribution in [0.3, 0.4) is 0 Å². The van der Waals surface area contributed by atoms with Crippen LogP contribution in [0.1, 0.15) is 11.3 Å². The molecule has 4 nitrogen and oxygen atoms in total. The monoisotopic (exact) mass is 417 g/mol. The minimum atomic E-state index is -0.597.